The van der Waals surface area contributed by atoms with E-state index in [-0.39, 0.29) is 46.2 Å². The summed E-state index contributed by atoms with van der Waals surface area (Å²) in [7, 11) is 1.45. The van der Waals surface area contributed by atoms with Gasteiger partial charge >= 0.3 is 6.09 Å². The molecule has 0 atom stereocenters. The monoisotopic (exact) mass is 439 g/mol. The van der Waals surface area contributed by atoms with E-state index >= 15 is 0 Å². The van der Waals surface area contributed by atoms with Crippen LogP contribution >= 0.6 is 0 Å². The Bertz CT molecular complexity index is 1130. The third-order valence-electron chi connectivity index (χ3n) is 4.54. The molecule has 8 nitrogen and oxygen atoms in total. The molecule has 2 aromatic carbocycles. The highest BCUT2D eigenvalue weighted by molar-refractivity contribution is 6.40. The Morgan fingerprint density at radius 3 is 2.50 bits per heavy atom. The summed E-state index contributed by atoms with van der Waals surface area (Å²) in [4.78, 5) is 38.6. The number of rotatable bonds is 5. The Labute approximate surface area is 185 Å². The van der Waals surface area contributed by atoms with Gasteiger partial charge < -0.3 is 19.3 Å². The Morgan fingerprint density at radius 1 is 1.12 bits per heavy atom. The quantitative estimate of drug-likeness (QED) is 0.660. The summed E-state index contributed by atoms with van der Waals surface area (Å²) in [5, 5.41) is 12.7. The van der Waals surface area contributed by atoms with Crippen molar-refractivity contribution in [3.8, 4) is 11.5 Å². The van der Waals surface area contributed by atoms with Gasteiger partial charge in [-0.1, -0.05) is 12.1 Å². The van der Waals surface area contributed by atoms with Crippen molar-refractivity contribution in [1.82, 2.24) is 0 Å². The molecule has 1 aliphatic rings. The predicted octanol–water partition coefficient (Wildman–Crippen LogP) is 4.49. The second kappa shape index (κ2) is 8.84. The molecule has 0 saturated carbocycles. The number of benzene rings is 2. The summed E-state index contributed by atoms with van der Waals surface area (Å²) >= 11 is 0. The van der Waals surface area contributed by atoms with Crippen LogP contribution in [0.25, 0.3) is 5.57 Å². The number of phenols is 1. The SMILES string of the molecule is COCOc1cc(C)cc(NC(=O)OC(C)(C)C)c1C1=CC(=O)c2c(O)cccc2C1=O. The summed E-state index contributed by atoms with van der Waals surface area (Å²) in [5.41, 5.74) is 0.468. The standard InChI is InChI=1S/C24H25NO7/c1-13-9-16(25-23(29)32-24(2,3)4)20(19(10-13)31-12-30-5)15-11-18(27)21-14(22(15)28)7-6-8-17(21)26/h6-11,26H,12H2,1-5H3,(H,25,29). The highest BCUT2D eigenvalue weighted by atomic mass is 16.7. The van der Waals surface area contributed by atoms with Crippen LogP contribution in [0, 0.1) is 6.92 Å². The maximum atomic E-state index is 13.3. The van der Waals surface area contributed by atoms with E-state index in [4.69, 9.17) is 14.2 Å². The largest absolute Gasteiger partial charge is 0.507 e. The van der Waals surface area contributed by atoms with Crippen LogP contribution in [-0.4, -0.2) is 42.3 Å². The van der Waals surface area contributed by atoms with Crippen molar-refractivity contribution in [2.45, 2.75) is 33.3 Å². The maximum absolute atomic E-state index is 13.3. The third kappa shape index (κ3) is 4.81. The molecule has 0 aromatic heterocycles. The zero-order valence-corrected chi connectivity index (χ0v) is 18.6. The fourth-order valence-corrected chi connectivity index (χ4v) is 3.37. The number of amides is 1. The molecule has 0 bridgehead atoms. The van der Waals surface area contributed by atoms with Crippen LogP contribution in [0.2, 0.25) is 0 Å². The van der Waals surface area contributed by atoms with Gasteiger partial charge in [0.2, 0.25) is 0 Å². The van der Waals surface area contributed by atoms with E-state index in [2.05, 4.69) is 5.32 Å². The van der Waals surface area contributed by atoms with E-state index in [1.54, 1.807) is 39.8 Å². The van der Waals surface area contributed by atoms with E-state index in [0.717, 1.165) is 11.6 Å². The van der Waals surface area contributed by atoms with Gasteiger partial charge in [0.1, 0.15) is 17.1 Å². The lowest BCUT2D eigenvalue weighted by Crippen LogP contribution is -2.28. The van der Waals surface area contributed by atoms with Gasteiger partial charge in [-0.05, 0) is 57.5 Å². The number of fused-ring (bicyclic) bond motifs is 1. The average molecular weight is 439 g/mol. The minimum absolute atomic E-state index is 0.0188. The number of nitrogens with one attached hydrogen (secondary N) is 1. The van der Waals surface area contributed by atoms with Crippen LogP contribution in [0.3, 0.4) is 0 Å². The minimum atomic E-state index is -0.740. The Balaban J connectivity index is 2.16. The van der Waals surface area contributed by atoms with Gasteiger partial charge in [-0.15, -0.1) is 0 Å². The van der Waals surface area contributed by atoms with E-state index in [1.165, 1.54) is 25.3 Å². The molecule has 1 amide bonds. The fraction of sp³-hybridized carbons (Fsp3) is 0.292. The van der Waals surface area contributed by atoms with Crippen molar-refractivity contribution in [3.05, 3.63) is 58.7 Å². The summed E-state index contributed by atoms with van der Waals surface area (Å²) in [6.45, 7) is 6.86. The molecule has 32 heavy (non-hydrogen) atoms. The molecular formula is C24H25NO7. The van der Waals surface area contributed by atoms with Crippen LogP contribution < -0.4 is 10.1 Å². The van der Waals surface area contributed by atoms with Crippen molar-refractivity contribution in [2.75, 3.05) is 19.2 Å². The first-order valence-corrected chi connectivity index (χ1v) is 9.91. The summed E-state index contributed by atoms with van der Waals surface area (Å²) in [6.07, 6.45) is 0.407. The first-order chi connectivity index (χ1) is 15.0. The molecule has 1 aliphatic carbocycles. The number of ether oxygens (including phenoxy) is 3. The average Bonchev–Trinajstić information content (AvgIpc) is 2.67. The van der Waals surface area contributed by atoms with Gasteiger partial charge in [0.05, 0.1) is 16.8 Å². The summed E-state index contributed by atoms with van der Waals surface area (Å²) < 4.78 is 16.0. The van der Waals surface area contributed by atoms with Gasteiger partial charge in [-0.3, -0.25) is 14.9 Å². The number of carbonyl (C=O) groups is 3. The molecule has 0 fully saturated rings. The molecule has 2 N–H and O–H groups in total. The van der Waals surface area contributed by atoms with E-state index in [1.807, 2.05) is 0 Å². The van der Waals surface area contributed by atoms with Crippen LogP contribution in [-0.2, 0) is 9.47 Å². The van der Waals surface area contributed by atoms with Crippen molar-refractivity contribution in [3.63, 3.8) is 0 Å². The molecule has 0 saturated heterocycles. The van der Waals surface area contributed by atoms with Crippen molar-refractivity contribution < 1.29 is 33.7 Å². The number of aryl methyl sites for hydroxylation is 1. The molecular weight excluding hydrogens is 414 g/mol. The van der Waals surface area contributed by atoms with Crippen LogP contribution in [0.5, 0.6) is 11.5 Å². The Morgan fingerprint density at radius 2 is 1.84 bits per heavy atom. The number of carbonyl (C=O) groups excluding carboxylic acids is 3. The number of allylic oxidation sites excluding steroid dienone is 2. The van der Waals surface area contributed by atoms with Gasteiger partial charge in [0.15, 0.2) is 18.4 Å². The van der Waals surface area contributed by atoms with E-state index < -0.39 is 23.3 Å². The molecule has 0 aliphatic heterocycles. The topological polar surface area (TPSA) is 111 Å². The number of phenolic OH excluding ortho intramolecular Hbond substituents is 1. The van der Waals surface area contributed by atoms with E-state index in [0.29, 0.717) is 0 Å². The molecule has 0 heterocycles. The third-order valence-corrected chi connectivity index (χ3v) is 4.54. The Hall–Kier alpha value is -3.65. The predicted molar refractivity (Wildman–Crippen MR) is 118 cm³/mol. The normalized spacial score (nSPS) is 13.3. The van der Waals surface area contributed by atoms with Crippen molar-refractivity contribution in [1.29, 1.82) is 0 Å². The number of anilines is 1. The lowest BCUT2D eigenvalue weighted by Gasteiger charge is -2.23. The molecule has 168 valence electrons. The van der Waals surface area contributed by atoms with E-state index in [9.17, 15) is 19.5 Å². The lowest BCUT2D eigenvalue weighted by molar-refractivity contribution is 0.0509. The zero-order valence-electron chi connectivity index (χ0n) is 18.6. The number of hydrogen-bond acceptors (Lipinski definition) is 7. The summed E-state index contributed by atoms with van der Waals surface area (Å²) in [6, 6.07) is 7.62. The second-order valence-corrected chi connectivity index (χ2v) is 8.31. The lowest BCUT2D eigenvalue weighted by atomic mass is 9.84. The van der Waals surface area contributed by atoms with Crippen LogP contribution in [0.4, 0.5) is 10.5 Å². The Kier molecular flexibility index (Phi) is 6.36. The van der Waals surface area contributed by atoms with Gasteiger partial charge in [-0.2, -0.15) is 0 Å². The fourth-order valence-electron chi connectivity index (χ4n) is 3.37. The zero-order chi connectivity index (χ0) is 23.6. The molecule has 0 radical (unpaired) electrons. The second-order valence-electron chi connectivity index (χ2n) is 8.31. The maximum Gasteiger partial charge on any atom is 0.412 e. The summed E-state index contributed by atoms with van der Waals surface area (Å²) in [5.74, 6) is -1.06. The van der Waals surface area contributed by atoms with Crippen molar-refractivity contribution in [2.24, 2.45) is 0 Å². The van der Waals surface area contributed by atoms with Crippen LogP contribution in [0.15, 0.2) is 36.4 Å². The first-order valence-electron chi connectivity index (χ1n) is 9.91. The number of hydrogen-bond donors (Lipinski definition) is 2. The smallest absolute Gasteiger partial charge is 0.412 e. The van der Waals surface area contributed by atoms with Gasteiger partial charge in [-0.25, -0.2) is 4.79 Å². The number of ketones is 2. The highest BCUT2D eigenvalue weighted by Crippen LogP contribution is 2.40. The molecule has 0 spiro atoms. The van der Waals surface area contributed by atoms with Gasteiger partial charge in [0.25, 0.3) is 0 Å². The number of Topliss-reactive ketones (excluding diaryl/α,β-unsaturated/α-hetero) is 1. The highest BCUT2D eigenvalue weighted by Gasteiger charge is 2.32. The van der Waals surface area contributed by atoms with Gasteiger partial charge in [0, 0.05) is 18.2 Å². The number of aromatic hydroxyl groups is 1. The minimum Gasteiger partial charge on any atom is -0.507 e. The number of methoxy groups -OCH3 is 1. The first kappa shape index (κ1) is 23.0. The molecule has 0 unspecified atom stereocenters. The van der Waals surface area contributed by atoms with Crippen LogP contribution in [0.1, 0.15) is 52.6 Å². The molecule has 2 aromatic rings. The molecule has 3 rings (SSSR count). The van der Waals surface area contributed by atoms with Crippen molar-refractivity contribution >= 4 is 28.9 Å². The molecule has 8 heteroatoms.